The summed E-state index contributed by atoms with van der Waals surface area (Å²) in [6.45, 7) is 4.29. The van der Waals surface area contributed by atoms with Crippen molar-refractivity contribution in [3.63, 3.8) is 0 Å². The number of ether oxygens (including phenoxy) is 1. The molecule has 0 amide bonds. The number of hydrogen-bond acceptors (Lipinski definition) is 3. The molecule has 4 rings (SSSR count). The molecule has 0 radical (unpaired) electrons. The van der Waals surface area contributed by atoms with Gasteiger partial charge in [0, 0.05) is 40.1 Å². The van der Waals surface area contributed by atoms with Crippen LogP contribution in [0.5, 0.6) is 5.75 Å². The second-order valence-electron chi connectivity index (χ2n) is 7.59. The highest BCUT2D eigenvalue weighted by Gasteiger charge is 2.57. The van der Waals surface area contributed by atoms with Gasteiger partial charge in [-0.05, 0) is 43.0 Å². The van der Waals surface area contributed by atoms with Crippen molar-refractivity contribution in [2.24, 2.45) is 5.41 Å². The van der Waals surface area contributed by atoms with E-state index in [1.165, 1.54) is 10.9 Å². The maximum absolute atomic E-state index is 11.5. The molecule has 3 N–H and O–H groups in total. The Hall–Kier alpha value is -1.81. The summed E-state index contributed by atoms with van der Waals surface area (Å²) in [6.07, 6.45) is 3.02. The van der Waals surface area contributed by atoms with Crippen LogP contribution < -0.4 is 4.74 Å². The summed E-state index contributed by atoms with van der Waals surface area (Å²) < 4.78 is 5.38. The Morgan fingerprint density at radius 2 is 2.13 bits per heavy atom. The molecule has 0 unspecified atom stereocenters. The largest absolute Gasteiger partial charge is 0.497 e. The maximum Gasteiger partial charge on any atom is 0.119 e. The van der Waals surface area contributed by atoms with Crippen LogP contribution in [-0.4, -0.2) is 28.5 Å². The predicted molar refractivity (Wildman–Crippen MR) is 91.6 cm³/mol. The van der Waals surface area contributed by atoms with Gasteiger partial charge in [-0.15, -0.1) is 0 Å². The van der Waals surface area contributed by atoms with E-state index in [1.807, 2.05) is 6.07 Å². The van der Waals surface area contributed by atoms with E-state index in [0.29, 0.717) is 12.1 Å². The topological polar surface area (TPSA) is 69.1 Å². The summed E-state index contributed by atoms with van der Waals surface area (Å²) in [5.74, 6) is 0.860. The molecule has 2 aliphatic carbocycles. The lowest BCUT2D eigenvalue weighted by atomic mass is 9.53. The maximum atomic E-state index is 11.5. The first kappa shape index (κ1) is 14.8. The van der Waals surface area contributed by atoms with E-state index in [2.05, 4.69) is 31.0 Å². The third-order valence-electron chi connectivity index (χ3n) is 6.37. The van der Waals surface area contributed by atoms with Gasteiger partial charge < -0.3 is 20.2 Å². The zero-order valence-corrected chi connectivity index (χ0v) is 14.0. The molecule has 4 heteroatoms. The number of hydrogen-bond donors (Lipinski definition) is 3. The van der Waals surface area contributed by atoms with Gasteiger partial charge in [-0.2, -0.15) is 0 Å². The van der Waals surface area contributed by atoms with E-state index in [1.54, 1.807) is 7.11 Å². The first-order valence-electron chi connectivity index (χ1n) is 8.35. The Bertz CT molecular complexity index is 809. The molecule has 23 heavy (non-hydrogen) atoms. The van der Waals surface area contributed by atoms with Gasteiger partial charge in [-0.1, -0.05) is 13.8 Å². The van der Waals surface area contributed by atoms with E-state index >= 15 is 0 Å². The molecule has 122 valence electrons. The molecule has 0 aliphatic heterocycles. The molecular weight excluding hydrogens is 288 g/mol. The van der Waals surface area contributed by atoms with Crippen molar-refractivity contribution in [1.29, 1.82) is 5.41 Å². The first-order valence-corrected chi connectivity index (χ1v) is 8.35. The van der Waals surface area contributed by atoms with E-state index in [-0.39, 0.29) is 11.3 Å². The van der Waals surface area contributed by atoms with Gasteiger partial charge in [0.25, 0.3) is 0 Å². The SMILES string of the molecule is COc1ccc2[nH]c3c(c2c1)C[C@@]1(C)CCC(=N)C[C@@]1(O)[C@H]3C. The number of aromatic nitrogens is 1. The Morgan fingerprint density at radius 1 is 1.35 bits per heavy atom. The molecule has 2 aliphatic rings. The van der Waals surface area contributed by atoms with Crippen molar-refractivity contribution in [3.05, 3.63) is 29.5 Å². The zero-order valence-electron chi connectivity index (χ0n) is 14.0. The second-order valence-corrected chi connectivity index (χ2v) is 7.59. The third kappa shape index (κ3) is 1.84. The van der Waals surface area contributed by atoms with E-state index in [9.17, 15) is 5.11 Å². The Kier molecular flexibility index (Phi) is 2.95. The van der Waals surface area contributed by atoms with Crippen molar-refractivity contribution in [2.75, 3.05) is 7.11 Å². The Labute approximate surface area is 136 Å². The minimum Gasteiger partial charge on any atom is -0.497 e. The number of benzene rings is 1. The fraction of sp³-hybridized carbons (Fsp3) is 0.526. The van der Waals surface area contributed by atoms with E-state index in [4.69, 9.17) is 10.1 Å². The van der Waals surface area contributed by atoms with Crippen molar-refractivity contribution in [1.82, 2.24) is 4.98 Å². The van der Waals surface area contributed by atoms with Crippen LogP contribution >= 0.6 is 0 Å². The molecule has 1 aromatic heterocycles. The molecular formula is C19H24N2O2. The number of methoxy groups -OCH3 is 1. The fourth-order valence-corrected chi connectivity index (χ4v) is 4.75. The van der Waals surface area contributed by atoms with Gasteiger partial charge in [-0.25, -0.2) is 0 Å². The predicted octanol–water partition coefficient (Wildman–Crippen LogP) is 3.78. The summed E-state index contributed by atoms with van der Waals surface area (Å²) in [5.41, 5.74) is 3.21. The summed E-state index contributed by atoms with van der Waals surface area (Å²) in [7, 11) is 1.69. The molecule has 2 aromatic rings. The first-order chi connectivity index (χ1) is 10.9. The van der Waals surface area contributed by atoms with Crippen molar-refractivity contribution < 1.29 is 9.84 Å². The molecule has 1 fully saturated rings. The summed E-state index contributed by atoms with van der Waals surface area (Å²) >= 11 is 0. The fourth-order valence-electron chi connectivity index (χ4n) is 4.75. The van der Waals surface area contributed by atoms with Crippen LogP contribution in [0.4, 0.5) is 0 Å². The highest BCUT2D eigenvalue weighted by atomic mass is 16.5. The number of nitrogens with one attached hydrogen (secondary N) is 2. The Balaban J connectivity index is 1.93. The summed E-state index contributed by atoms with van der Waals surface area (Å²) in [4.78, 5) is 3.52. The van der Waals surface area contributed by atoms with Crippen molar-refractivity contribution in [3.8, 4) is 5.75 Å². The van der Waals surface area contributed by atoms with Crippen LogP contribution in [-0.2, 0) is 6.42 Å². The van der Waals surface area contributed by atoms with Crippen LogP contribution in [0.1, 0.15) is 50.3 Å². The number of rotatable bonds is 1. The molecule has 1 heterocycles. The van der Waals surface area contributed by atoms with Crippen molar-refractivity contribution >= 4 is 16.6 Å². The normalized spacial score (nSPS) is 33.4. The summed E-state index contributed by atoms with van der Waals surface area (Å²) in [5, 5.41) is 20.8. The lowest BCUT2D eigenvalue weighted by molar-refractivity contribution is -0.107. The van der Waals surface area contributed by atoms with Gasteiger partial charge in [0.05, 0.1) is 12.7 Å². The van der Waals surface area contributed by atoms with Gasteiger partial charge in [-0.3, -0.25) is 0 Å². The Morgan fingerprint density at radius 3 is 2.87 bits per heavy atom. The molecule has 1 saturated carbocycles. The number of fused-ring (bicyclic) bond motifs is 4. The minimum atomic E-state index is -0.833. The number of aliphatic hydroxyl groups is 1. The van der Waals surface area contributed by atoms with Crippen LogP contribution in [0.15, 0.2) is 18.2 Å². The van der Waals surface area contributed by atoms with E-state index in [0.717, 1.165) is 36.2 Å². The van der Waals surface area contributed by atoms with Crippen molar-refractivity contribution in [2.45, 2.75) is 51.0 Å². The lowest BCUT2D eigenvalue weighted by Crippen LogP contribution is -2.57. The second kappa shape index (κ2) is 4.60. The van der Waals surface area contributed by atoms with Gasteiger partial charge in [0.15, 0.2) is 0 Å². The highest BCUT2D eigenvalue weighted by Crippen LogP contribution is 2.57. The molecule has 3 atom stereocenters. The van der Waals surface area contributed by atoms with Crippen LogP contribution in [0.25, 0.3) is 10.9 Å². The standard InChI is InChI=1S/C19H24N2O2/c1-11-17-15(14-8-13(23-3)4-5-16(14)21-17)10-18(2)7-6-12(20)9-19(11,18)22/h4-5,8,11,20-22H,6-7,9-10H2,1-3H3/t11-,18+,19+/m0/s1. The summed E-state index contributed by atoms with van der Waals surface area (Å²) in [6, 6.07) is 6.11. The quantitative estimate of drug-likeness (QED) is 0.750. The van der Waals surface area contributed by atoms with Crippen LogP contribution in [0.2, 0.25) is 0 Å². The average molecular weight is 312 g/mol. The van der Waals surface area contributed by atoms with Crippen LogP contribution in [0.3, 0.4) is 0 Å². The van der Waals surface area contributed by atoms with Gasteiger partial charge in [0.1, 0.15) is 5.75 Å². The van der Waals surface area contributed by atoms with Crippen LogP contribution in [0, 0.1) is 10.8 Å². The van der Waals surface area contributed by atoms with E-state index < -0.39 is 5.60 Å². The number of aromatic amines is 1. The smallest absolute Gasteiger partial charge is 0.119 e. The number of H-pyrrole nitrogens is 1. The lowest BCUT2D eigenvalue weighted by Gasteiger charge is -2.54. The van der Waals surface area contributed by atoms with Gasteiger partial charge in [0.2, 0.25) is 0 Å². The zero-order chi connectivity index (χ0) is 16.4. The molecule has 0 saturated heterocycles. The third-order valence-corrected chi connectivity index (χ3v) is 6.37. The minimum absolute atomic E-state index is 0.00436. The van der Waals surface area contributed by atoms with Gasteiger partial charge >= 0.3 is 0 Å². The molecule has 4 nitrogen and oxygen atoms in total. The average Bonchev–Trinajstić information content (AvgIpc) is 2.88. The molecule has 1 aromatic carbocycles. The monoisotopic (exact) mass is 312 g/mol. The molecule has 0 spiro atoms. The molecule has 0 bridgehead atoms. The highest BCUT2D eigenvalue weighted by molar-refractivity contribution is 5.88.